The van der Waals surface area contributed by atoms with E-state index in [2.05, 4.69) is 48.0 Å². The van der Waals surface area contributed by atoms with Crippen molar-refractivity contribution in [3.8, 4) is 0 Å². The van der Waals surface area contributed by atoms with Crippen LogP contribution in [0.4, 0.5) is 0 Å². The third-order valence-electron chi connectivity index (χ3n) is 3.57. The Labute approximate surface area is 113 Å². The van der Waals surface area contributed by atoms with E-state index in [1.54, 1.807) is 0 Å². The third-order valence-corrected chi connectivity index (χ3v) is 4.34. The summed E-state index contributed by atoms with van der Waals surface area (Å²) in [7, 11) is 0. The summed E-state index contributed by atoms with van der Waals surface area (Å²) in [4.78, 5) is 0. The number of hydrogen-bond acceptors (Lipinski definition) is 1. The van der Waals surface area contributed by atoms with Crippen molar-refractivity contribution < 1.29 is 4.74 Å². The van der Waals surface area contributed by atoms with Gasteiger partial charge in [0, 0.05) is 4.47 Å². The van der Waals surface area contributed by atoms with E-state index in [4.69, 9.17) is 4.74 Å². The van der Waals surface area contributed by atoms with Crippen LogP contribution in [0.15, 0.2) is 28.7 Å². The lowest BCUT2D eigenvalue weighted by Gasteiger charge is -2.31. The van der Waals surface area contributed by atoms with E-state index in [0.29, 0.717) is 6.10 Å². The minimum absolute atomic E-state index is 0.445. The van der Waals surface area contributed by atoms with E-state index < -0.39 is 0 Å². The number of halogens is 1. The molecule has 1 fully saturated rings. The van der Waals surface area contributed by atoms with Crippen LogP contribution in [0, 0.1) is 11.8 Å². The molecule has 0 spiro atoms. The molecule has 94 valence electrons. The standard InChI is InChI=1S/C15H21BrO/c1-11-7-12(2)9-14(8-11)17-10-13-5-3-4-6-15(13)16/h3-6,11-12,14H,7-10H2,1-2H3. The second kappa shape index (κ2) is 6.01. The zero-order valence-electron chi connectivity index (χ0n) is 10.7. The van der Waals surface area contributed by atoms with Crippen molar-refractivity contribution >= 4 is 15.9 Å². The van der Waals surface area contributed by atoms with Crippen LogP contribution in [0.3, 0.4) is 0 Å². The predicted octanol–water partition coefficient (Wildman–Crippen LogP) is 4.79. The first-order valence-electron chi connectivity index (χ1n) is 6.50. The monoisotopic (exact) mass is 296 g/mol. The molecule has 1 aliphatic carbocycles. The second-order valence-electron chi connectivity index (χ2n) is 5.44. The topological polar surface area (TPSA) is 9.23 Å². The van der Waals surface area contributed by atoms with Gasteiger partial charge in [-0.3, -0.25) is 0 Å². The molecule has 17 heavy (non-hydrogen) atoms. The van der Waals surface area contributed by atoms with Crippen molar-refractivity contribution in [3.05, 3.63) is 34.3 Å². The normalized spacial score (nSPS) is 29.2. The van der Waals surface area contributed by atoms with Gasteiger partial charge in [-0.2, -0.15) is 0 Å². The van der Waals surface area contributed by atoms with Gasteiger partial charge in [0.2, 0.25) is 0 Å². The first-order chi connectivity index (χ1) is 8.15. The molecular formula is C15H21BrO. The number of hydrogen-bond donors (Lipinski definition) is 0. The van der Waals surface area contributed by atoms with E-state index in [1.165, 1.54) is 24.8 Å². The minimum atomic E-state index is 0.445. The van der Waals surface area contributed by atoms with Crippen molar-refractivity contribution in [2.75, 3.05) is 0 Å². The van der Waals surface area contributed by atoms with Gasteiger partial charge in [0.25, 0.3) is 0 Å². The second-order valence-corrected chi connectivity index (χ2v) is 6.30. The smallest absolute Gasteiger partial charge is 0.0731 e. The zero-order chi connectivity index (χ0) is 12.3. The molecule has 1 aliphatic rings. The fourth-order valence-corrected chi connectivity index (χ4v) is 3.23. The fraction of sp³-hybridized carbons (Fsp3) is 0.600. The molecule has 2 rings (SSSR count). The quantitative estimate of drug-likeness (QED) is 0.779. The van der Waals surface area contributed by atoms with Crippen molar-refractivity contribution in [1.82, 2.24) is 0 Å². The third kappa shape index (κ3) is 3.82. The summed E-state index contributed by atoms with van der Waals surface area (Å²) >= 11 is 3.57. The first-order valence-corrected chi connectivity index (χ1v) is 7.29. The molecule has 0 aliphatic heterocycles. The van der Waals surface area contributed by atoms with E-state index in [1.807, 2.05) is 6.07 Å². The van der Waals surface area contributed by atoms with Crippen LogP contribution in [0.25, 0.3) is 0 Å². The van der Waals surface area contributed by atoms with E-state index >= 15 is 0 Å². The molecule has 0 saturated heterocycles. The van der Waals surface area contributed by atoms with Crippen LogP contribution in [0.2, 0.25) is 0 Å². The van der Waals surface area contributed by atoms with Crippen molar-refractivity contribution in [1.29, 1.82) is 0 Å². The molecule has 1 aromatic rings. The molecule has 0 amide bonds. The summed E-state index contributed by atoms with van der Waals surface area (Å²) in [6, 6.07) is 8.30. The lowest BCUT2D eigenvalue weighted by Crippen LogP contribution is -2.26. The summed E-state index contributed by atoms with van der Waals surface area (Å²) in [5, 5.41) is 0. The maximum Gasteiger partial charge on any atom is 0.0731 e. The van der Waals surface area contributed by atoms with Gasteiger partial charge in [0.15, 0.2) is 0 Å². The summed E-state index contributed by atoms with van der Waals surface area (Å²) in [5.74, 6) is 1.62. The summed E-state index contributed by atoms with van der Waals surface area (Å²) in [5.41, 5.74) is 1.25. The highest BCUT2D eigenvalue weighted by Gasteiger charge is 2.24. The Balaban J connectivity index is 1.88. The molecule has 1 saturated carbocycles. The van der Waals surface area contributed by atoms with Crippen molar-refractivity contribution in [2.45, 2.75) is 45.8 Å². The van der Waals surface area contributed by atoms with Gasteiger partial charge in [-0.1, -0.05) is 48.0 Å². The molecular weight excluding hydrogens is 276 g/mol. The van der Waals surface area contributed by atoms with E-state index in [-0.39, 0.29) is 0 Å². The van der Waals surface area contributed by atoms with Gasteiger partial charge < -0.3 is 4.74 Å². The van der Waals surface area contributed by atoms with Crippen LogP contribution in [0.1, 0.15) is 38.7 Å². The number of rotatable bonds is 3. The Kier molecular flexibility index (Phi) is 4.63. The van der Waals surface area contributed by atoms with Gasteiger partial charge in [-0.05, 0) is 42.7 Å². The lowest BCUT2D eigenvalue weighted by atomic mass is 9.82. The Morgan fingerprint density at radius 2 is 1.76 bits per heavy atom. The molecule has 0 heterocycles. The molecule has 2 heteroatoms. The molecule has 0 radical (unpaired) electrons. The molecule has 0 aromatic heterocycles. The molecule has 0 bridgehead atoms. The maximum atomic E-state index is 6.06. The Morgan fingerprint density at radius 1 is 1.12 bits per heavy atom. The highest BCUT2D eigenvalue weighted by atomic mass is 79.9. The fourth-order valence-electron chi connectivity index (χ4n) is 2.83. The SMILES string of the molecule is CC1CC(C)CC(OCc2ccccc2Br)C1. The molecule has 1 nitrogen and oxygen atoms in total. The van der Waals surface area contributed by atoms with Gasteiger partial charge in [0.1, 0.15) is 0 Å². The summed E-state index contributed by atoms with van der Waals surface area (Å²) < 4.78 is 7.21. The molecule has 2 unspecified atom stereocenters. The zero-order valence-corrected chi connectivity index (χ0v) is 12.2. The largest absolute Gasteiger partial charge is 0.373 e. The Morgan fingerprint density at radius 3 is 2.41 bits per heavy atom. The average Bonchev–Trinajstić information content (AvgIpc) is 2.27. The van der Waals surface area contributed by atoms with Crippen LogP contribution in [-0.2, 0) is 11.3 Å². The highest BCUT2D eigenvalue weighted by Crippen LogP contribution is 2.31. The van der Waals surface area contributed by atoms with Gasteiger partial charge in [0.05, 0.1) is 12.7 Å². The summed E-state index contributed by atoms with van der Waals surface area (Å²) in [6.45, 7) is 5.40. The van der Waals surface area contributed by atoms with E-state index in [9.17, 15) is 0 Å². The lowest BCUT2D eigenvalue weighted by molar-refractivity contribution is -0.00936. The van der Waals surface area contributed by atoms with Crippen LogP contribution in [0.5, 0.6) is 0 Å². The van der Waals surface area contributed by atoms with Gasteiger partial charge in [-0.25, -0.2) is 0 Å². The average molecular weight is 297 g/mol. The number of ether oxygens (including phenoxy) is 1. The van der Waals surface area contributed by atoms with Crippen LogP contribution >= 0.6 is 15.9 Å². The van der Waals surface area contributed by atoms with Crippen molar-refractivity contribution in [2.24, 2.45) is 11.8 Å². The van der Waals surface area contributed by atoms with Crippen LogP contribution < -0.4 is 0 Å². The van der Waals surface area contributed by atoms with E-state index in [0.717, 1.165) is 22.9 Å². The predicted molar refractivity (Wildman–Crippen MR) is 74.9 cm³/mol. The van der Waals surface area contributed by atoms with Gasteiger partial charge >= 0.3 is 0 Å². The minimum Gasteiger partial charge on any atom is -0.373 e. The van der Waals surface area contributed by atoms with Crippen molar-refractivity contribution in [3.63, 3.8) is 0 Å². The molecule has 0 N–H and O–H groups in total. The van der Waals surface area contributed by atoms with Gasteiger partial charge in [-0.15, -0.1) is 0 Å². The number of benzene rings is 1. The van der Waals surface area contributed by atoms with Crippen LogP contribution in [-0.4, -0.2) is 6.10 Å². The first kappa shape index (κ1) is 13.1. The summed E-state index contributed by atoms with van der Waals surface area (Å²) in [6.07, 6.45) is 4.24. The highest BCUT2D eigenvalue weighted by molar-refractivity contribution is 9.10. The molecule has 1 aromatic carbocycles. The Bertz CT molecular complexity index is 354. The Hall–Kier alpha value is -0.340. The maximum absolute atomic E-state index is 6.06. The molecule has 2 atom stereocenters.